The molecule has 0 bridgehead atoms. The minimum absolute atomic E-state index is 0.159. The Morgan fingerprint density at radius 3 is 2.71 bits per heavy atom. The topological polar surface area (TPSA) is 108 Å². The van der Waals surface area contributed by atoms with E-state index in [1.54, 1.807) is 42.5 Å². The van der Waals surface area contributed by atoms with Gasteiger partial charge < -0.3 is 20.5 Å². The largest absolute Gasteiger partial charge is 0.349 e. The molecule has 1 aliphatic carbocycles. The lowest BCUT2D eigenvalue weighted by atomic mass is 10.1. The maximum absolute atomic E-state index is 12.8. The number of aromatic amines is 1. The van der Waals surface area contributed by atoms with Gasteiger partial charge in [0.1, 0.15) is 6.54 Å². The van der Waals surface area contributed by atoms with Crippen LogP contribution in [0.2, 0.25) is 5.02 Å². The van der Waals surface area contributed by atoms with Crippen molar-refractivity contribution in [1.29, 1.82) is 0 Å². The van der Waals surface area contributed by atoms with Crippen LogP contribution in [0, 0.1) is 0 Å². The second-order valence-corrected chi connectivity index (χ2v) is 9.12. The maximum atomic E-state index is 12.8. The molecule has 2 amide bonds. The summed E-state index contributed by atoms with van der Waals surface area (Å²) in [5, 5.41) is 6.93. The van der Waals surface area contributed by atoms with E-state index in [1.165, 1.54) is 0 Å². The minimum Gasteiger partial charge on any atom is -0.349 e. The number of quaternary nitrogens is 1. The monoisotopic (exact) mass is 482 g/mol. The number of hydrogen-bond acceptors (Lipinski definition) is 4. The van der Waals surface area contributed by atoms with E-state index >= 15 is 0 Å². The third-order valence-electron chi connectivity index (χ3n) is 6.18. The van der Waals surface area contributed by atoms with E-state index in [9.17, 15) is 14.4 Å². The average molecular weight is 483 g/mol. The third-order valence-corrected chi connectivity index (χ3v) is 6.42. The van der Waals surface area contributed by atoms with Gasteiger partial charge in [0.2, 0.25) is 0 Å². The summed E-state index contributed by atoms with van der Waals surface area (Å²) >= 11 is 6.05. The highest BCUT2D eigenvalue weighted by Gasteiger charge is 2.21. The van der Waals surface area contributed by atoms with Gasteiger partial charge in [-0.25, -0.2) is 4.98 Å². The molecule has 2 aromatic carbocycles. The molecular formula is C25H29ClN5O3+. The van der Waals surface area contributed by atoms with E-state index in [-0.39, 0.29) is 30.0 Å². The van der Waals surface area contributed by atoms with Gasteiger partial charge in [-0.1, -0.05) is 36.6 Å². The molecule has 0 aliphatic heterocycles. The molecule has 3 aromatic rings. The third kappa shape index (κ3) is 5.81. The fourth-order valence-electron chi connectivity index (χ4n) is 4.34. The zero-order valence-electron chi connectivity index (χ0n) is 19.1. The first-order valence-corrected chi connectivity index (χ1v) is 12.0. The second-order valence-electron chi connectivity index (χ2n) is 8.68. The number of carbonyl (C=O) groups excluding carboxylic acids is 2. The Labute approximate surface area is 202 Å². The molecule has 8 nitrogen and oxygen atoms in total. The van der Waals surface area contributed by atoms with Crippen molar-refractivity contribution in [2.24, 2.45) is 0 Å². The smallest absolute Gasteiger partial charge is 0.279 e. The van der Waals surface area contributed by atoms with Gasteiger partial charge in [0.15, 0.2) is 12.4 Å². The number of benzene rings is 2. The van der Waals surface area contributed by atoms with Crippen LogP contribution < -0.4 is 21.1 Å². The molecule has 178 valence electrons. The highest BCUT2D eigenvalue weighted by atomic mass is 35.5. The molecule has 1 fully saturated rings. The number of H-pyrrole nitrogens is 1. The average Bonchev–Trinajstić information content (AvgIpc) is 3.31. The van der Waals surface area contributed by atoms with Crippen molar-refractivity contribution < 1.29 is 14.5 Å². The summed E-state index contributed by atoms with van der Waals surface area (Å²) in [7, 11) is 0. The van der Waals surface area contributed by atoms with Crippen molar-refractivity contribution in [3.8, 4) is 0 Å². The number of para-hydroxylation sites is 1. The first-order chi connectivity index (χ1) is 16.4. The van der Waals surface area contributed by atoms with E-state index in [0.29, 0.717) is 46.1 Å². The number of fused-ring (bicyclic) bond motifs is 1. The lowest BCUT2D eigenvalue weighted by Crippen LogP contribution is -3.11. The molecule has 1 heterocycles. The molecule has 4 N–H and O–H groups in total. The molecule has 1 aromatic heterocycles. The van der Waals surface area contributed by atoms with E-state index in [1.807, 2.05) is 6.92 Å². The SMILES string of the molecule is CC[NH+](CC(=O)Nc1ccccc1C(=O)NC1CCCC1)Cc1nc2cc(Cl)ccc2c(=O)[nH]1. The highest BCUT2D eigenvalue weighted by molar-refractivity contribution is 6.31. The Morgan fingerprint density at radius 1 is 1.18 bits per heavy atom. The molecule has 34 heavy (non-hydrogen) atoms. The number of carbonyl (C=O) groups is 2. The van der Waals surface area contributed by atoms with Crippen molar-refractivity contribution >= 4 is 40.0 Å². The predicted octanol–water partition coefficient (Wildman–Crippen LogP) is 2.29. The van der Waals surface area contributed by atoms with E-state index < -0.39 is 0 Å². The van der Waals surface area contributed by atoms with Crippen LogP contribution >= 0.6 is 11.6 Å². The van der Waals surface area contributed by atoms with Gasteiger partial charge in [-0.3, -0.25) is 14.4 Å². The molecule has 0 radical (unpaired) electrons. The molecule has 4 rings (SSSR count). The summed E-state index contributed by atoms with van der Waals surface area (Å²) in [5.74, 6) is 0.101. The summed E-state index contributed by atoms with van der Waals surface area (Å²) in [5.41, 5.74) is 1.23. The van der Waals surface area contributed by atoms with E-state index in [2.05, 4.69) is 20.6 Å². The number of hydrogen-bond donors (Lipinski definition) is 4. The van der Waals surface area contributed by atoms with E-state index in [4.69, 9.17) is 11.6 Å². The lowest BCUT2D eigenvalue weighted by molar-refractivity contribution is -0.904. The number of nitrogens with one attached hydrogen (secondary N) is 4. The molecule has 1 aliphatic rings. The van der Waals surface area contributed by atoms with Crippen molar-refractivity contribution in [2.75, 3.05) is 18.4 Å². The number of amides is 2. The predicted molar refractivity (Wildman–Crippen MR) is 132 cm³/mol. The first kappa shape index (κ1) is 23.9. The van der Waals surface area contributed by atoms with Crippen LogP contribution in [0.5, 0.6) is 0 Å². The van der Waals surface area contributed by atoms with Crippen LogP contribution in [-0.2, 0) is 11.3 Å². The normalized spacial score (nSPS) is 14.8. The summed E-state index contributed by atoms with van der Waals surface area (Å²) in [6, 6.07) is 12.2. The number of aromatic nitrogens is 2. The van der Waals surface area contributed by atoms with Crippen LogP contribution in [0.1, 0.15) is 48.8 Å². The van der Waals surface area contributed by atoms with Crippen LogP contribution in [0.4, 0.5) is 5.69 Å². The van der Waals surface area contributed by atoms with Gasteiger partial charge in [0.05, 0.1) is 28.7 Å². The number of anilines is 1. The summed E-state index contributed by atoms with van der Waals surface area (Å²) in [4.78, 5) is 46.2. The summed E-state index contributed by atoms with van der Waals surface area (Å²) in [6.07, 6.45) is 4.24. The molecule has 1 atom stereocenters. The summed E-state index contributed by atoms with van der Waals surface area (Å²) < 4.78 is 0. The molecular weight excluding hydrogens is 454 g/mol. The van der Waals surface area contributed by atoms with Crippen LogP contribution in [0.3, 0.4) is 0 Å². The molecule has 0 saturated heterocycles. The summed E-state index contributed by atoms with van der Waals surface area (Å²) in [6.45, 7) is 3.13. The number of halogens is 1. The maximum Gasteiger partial charge on any atom is 0.279 e. The standard InChI is InChI=1S/C25H28ClN5O3/c1-2-31(14-22-28-21-13-16(26)11-12-19(21)25(34)30-22)15-23(32)29-20-10-6-5-9-18(20)24(33)27-17-7-3-4-8-17/h5-6,9-13,17H,2-4,7-8,14-15H2,1H3,(H,27,33)(H,29,32)(H,28,30,34)/p+1. The Hall–Kier alpha value is -3.23. The highest BCUT2D eigenvalue weighted by Crippen LogP contribution is 2.20. The second kappa shape index (κ2) is 10.8. The minimum atomic E-state index is -0.237. The molecule has 0 spiro atoms. The number of nitrogens with zero attached hydrogens (tertiary/aromatic N) is 1. The van der Waals surface area contributed by atoms with E-state index in [0.717, 1.165) is 30.6 Å². The van der Waals surface area contributed by atoms with Gasteiger partial charge in [-0.2, -0.15) is 0 Å². The quantitative estimate of drug-likeness (QED) is 0.395. The Kier molecular flexibility index (Phi) is 7.59. The van der Waals surface area contributed by atoms with Gasteiger partial charge in [0, 0.05) is 11.1 Å². The fourth-order valence-corrected chi connectivity index (χ4v) is 4.51. The van der Waals surface area contributed by atoms with Gasteiger partial charge in [0.25, 0.3) is 17.4 Å². The number of likely N-dealkylation sites (N-methyl/N-ethyl adjacent to an activating group) is 1. The first-order valence-electron chi connectivity index (χ1n) is 11.6. The zero-order valence-corrected chi connectivity index (χ0v) is 19.9. The van der Waals surface area contributed by atoms with Crippen molar-refractivity contribution in [1.82, 2.24) is 15.3 Å². The molecule has 9 heteroatoms. The fraction of sp³-hybridized carbons (Fsp3) is 0.360. The van der Waals surface area contributed by atoms with Gasteiger partial charge in [-0.05, 0) is 50.1 Å². The van der Waals surface area contributed by atoms with Crippen LogP contribution in [0.25, 0.3) is 10.9 Å². The molecule has 1 unspecified atom stereocenters. The van der Waals surface area contributed by atoms with Crippen molar-refractivity contribution in [3.05, 3.63) is 69.2 Å². The molecule has 1 saturated carbocycles. The van der Waals surface area contributed by atoms with Crippen molar-refractivity contribution in [2.45, 2.75) is 45.2 Å². The Morgan fingerprint density at radius 2 is 1.94 bits per heavy atom. The van der Waals surface area contributed by atoms with Gasteiger partial charge >= 0.3 is 0 Å². The van der Waals surface area contributed by atoms with Gasteiger partial charge in [-0.15, -0.1) is 0 Å². The Balaban J connectivity index is 1.43. The Bertz CT molecular complexity index is 1250. The lowest BCUT2D eigenvalue weighted by Gasteiger charge is -2.18. The number of rotatable bonds is 8. The zero-order chi connectivity index (χ0) is 24.1. The van der Waals surface area contributed by atoms with Crippen molar-refractivity contribution in [3.63, 3.8) is 0 Å². The van der Waals surface area contributed by atoms with Crippen LogP contribution in [0.15, 0.2) is 47.3 Å². The van der Waals surface area contributed by atoms with Crippen LogP contribution in [-0.4, -0.2) is 40.9 Å².